The summed E-state index contributed by atoms with van der Waals surface area (Å²) in [5.74, 6) is 0.211. The zero-order valence-electron chi connectivity index (χ0n) is 27.1. The molecule has 1 N–H and O–H groups in total. The van der Waals surface area contributed by atoms with Crippen LogP contribution in [-0.4, -0.2) is 44.0 Å². The normalized spacial score (nSPS) is 11.3. The molecule has 5 aromatic rings. The van der Waals surface area contributed by atoms with E-state index < -0.39 is 12.0 Å². The number of para-hydroxylation sites is 2. The number of esters is 1. The smallest absolute Gasteiger partial charge is 0.328 e. The Kier molecular flexibility index (Phi) is 12.1. The molecule has 0 radical (unpaired) electrons. The number of aryl methyl sites for hydroxylation is 1. The molecule has 1 atom stereocenters. The molecule has 7 nitrogen and oxygen atoms in total. The van der Waals surface area contributed by atoms with Gasteiger partial charge in [0, 0.05) is 41.9 Å². The van der Waals surface area contributed by atoms with Crippen molar-refractivity contribution >= 4 is 29.0 Å². The number of benzene rings is 5. The van der Waals surface area contributed by atoms with Gasteiger partial charge in [-0.3, -0.25) is 9.59 Å². The molecule has 0 saturated heterocycles. The average molecular weight is 641 g/mol. The van der Waals surface area contributed by atoms with Gasteiger partial charge in [0.2, 0.25) is 5.91 Å². The van der Waals surface area contributed by atoms with Crippen molar-refractivity contribution in [3.8, 4) is 5.75 Å². The highest BCUT2D eigenvalue weighted by Crippen LogP contribution is 2.23. The van der Waals surface area contributed by atoms with Crippen molar-refractivity contribution in [1.29, 1.82) is 0 Å². The van der Waals surface area contributed by atoms with Crippen LogP contribution < -0.4 is 15.0 Å². The van der Waals surface area contributed by atoms with Gasteiger partial charge in [0.1, 0.15) is 11.8 Å². The number of nitrogens with zero attached hydrogens (tertiary/aromatic N) is 1. The van der Waals surface area contributed by atoms with Crippen LogP contribution in [0.2, 0.25) is 0 Å². The first-order chi connectivity index (χ1) is 23.5. The number of ether oxygens (including phenoxy) is 2. The number of hydrogen-bond donors (Lipinski definition) is 1. The number of carbonyl (C=O) groups excluding carboxylic acids is 3. The standard InChI is InChI=1S/C41H40N2O5/c1-47-41(46)38(42-37-21-12-11-20-36(37)40(45)33-16-7-3-8-17-33)30-32-22-25-35(26-23-32)48-29-13-28-43(34-18-9-4-10-19-34)39(44)27-24-31-14-5-2-6-15-31/h2-12,14-23,25-26,38,42H,13,24,27-30H2,1H3/t38-/m0/s1. The molecule has 5 rings (SSSR count). The van der Waals surface area contributed by atoms with E-state index in [0.717, 1.165) is 16.8 Å². The van der Waals surface area contributed by atoms with Crippen molar-refractivity contribution in [3.63, 3.8) is 0 Å². The molecule has 0 aliphatic carbocycles. The van der Waals surface area contributed by atoms with Gasteiger partial charge in [-0.25, -0.2) is 4.79 Å². The van der Waals surface area contributed by atoms with Crippen LogP contribution in [0.5, 0.6) is 5.75 Å². The summed E-state index contributed by atoms with van der Waals surface area (Å²) in [6.07, 6.45) is 2.12. The van der Waals surface area contributed by atoms with E-state index in [1.165, 1.54) is 7.11 Å². The predicted molar refractivity (Wildman–Crippen MR) is 190 cm³/mol. The Morgan fingerprint density at radius 2 is 1.33 bits per heavy atom. The fourth-order valence-corrected chi connectivity index (χ4v) is 5.48. The van der Waals surface area contributed by atoms with E-state index in [4.69, 9.17) is 9.47 Å². The summed E-state index contributed by atoms with van der Waals surface area (Å²) in [7, 11) is 1.35. The summed E-state index contributed by atoms with van der Waals surface area (Å²) >= 11 is 0. The lowest BCUT2D eigenvalue weighted by Gasteiger charge is -2.23. The molecule has 48 heavy (non-hydrogen) atoms. The van der Waals surface area contributed by atoms with Crippen molar-refractivity contribution in [2.75, 3.05) is 30.5 Å². The first kappa shape index (κ1) is 33.7. The molecule has 0 fully saturated rings. The molecule has 0 aromatic heterocycles. The van der Waals surface area contributed by atoms with E-state index in [-0.39, 0.29) is 11.7 Å². The van der Waals surface area contributed by atoms with Gasteiger partial charge in [0.25, 0.3) is 0 Å². The molecule has 244 valence electrons. The molecule has 7 heteroatoms. The van der Waals surface area contributed by atoms with Gasteiger partial charge < -0.3 is 19.7 Å². The largest absolute Gasteiger partial charge is 0.494 e. The summed E-state index contributed by atoms with van der Waals surface area (Å²) in [6, 6.07) is 42.8. The monoisotopic (exact) mass is 640 g/mol. The van der Waals surface area contributed by atoms with Crippen LogP contribution in [-0.2, 0) is 27.2 Å². The lowest BCUT2D eigenvalue weighted by Crippen LogP contribution is -2.33. The first-order valence-corrected chi connectivity index (χ1v) is 16.2. The SMILES string of the molecule is COC(=O)[C@H](Cc1ccc(OCCCN(C(=O)CCc2ccccc2)c2ccccc2)cc1)Nc1ccccc1C(=O)c1ccccc1. The summed E-state index contributed by atoms with van der Waals surface area (Å²) in [4.78, 5) is 41.1. The van der Waals surface area contributed by atoms with Crippen LogP contribution in [0.4, 0.5) is 11.4 Å². The number of rotatable bonds is 16. The number of amides is 1. The van der Waals surface area contributed by atoms with E-state index in [0.29, 0.717) is 61.4 Å². The second-order valence-electron chi connectivity index (χ2n) is 11.4. The van der Waals surface area contributed by atoms with Gasteiger partial charge in [0.15, 0.2) is 5.78 Å². The number of methoxy groups -OCH3 is 1. The zero-order chi connectivity index (χ0) is 33.6. The molecule has 0 bridgehead atoms. The maximum atomic E-state index is 13.2. The van der Waals surface area contributed by atoms with Gasteiger partial charge in [0.05, 0.1) is 13.7 Å². The highest BCUT2D eigenvalue weighted by atomic mass is 16.5. The third-order valence-electron chi connectivity index (χ3n) is 8.02. The minimum absolute atomic E-state index is 0.0789. The van der Waals surface area contributed by atoms with Crippen LogP contribution in [0.3, 0.4) is 0 Å². The van der Waals surface area contributed by atoms with E-state index in [9.17, 15) is 14.4 Å². The Hall–Kier alpha value is -5.69. The molecule has 0 aliphatic rings. The summed E-state index contributed by atoms with van der Waals surface area (Å²) in [6.45, 7) is 0.976. The van der Waals surface area contributed by atoms with Gasteiger partial charge >= 0.3 is 5.97 Å². The fourth-order valence-electron chi connectivity index (χ4n) is 5.48. The van der Waals surface area contributed by atoms with E-state index >= 15 is 0 Å². The Morgan fingerprint density at radius 1 is 0.708 bits per heavy atom. The van der Waals surface area contributed by atoms with Crippen LogP contribution in [0, 0.1) is 0 Å². The van der Waals surface area contributed by atoms with Crippen molar-refractivity contribution in [2.24, 2.45) is 0 Å². The Labute approximate surface area is 282 Å². The van der Waals surface area contributed by atoms with Gasteiger partial charge in [-0.2, -0.15) is 0 Å². The highest BCUT2D eigenvalue weighted by molar-refractivity contribution is 6.12. The second kappa shape index (κ2) is 17.3. The lowest BCUT2D eigenvalue weighted by atomic mass is 10.00. The van der Waals surface area contributed by atoms with Crippen molar-refractivity contribution in [1.82, 2.24) is 0 Å². The van der Waals surface area contributed by atoms with E-state index in [1.54, 1.807) is 30.3 Å². The van der Waals surface area contributed by atoms with Crippen LogP contribution in [0.25, 0.3) is 0 Å². The summed E-state index contributed by atoms with van der Waals surface area (Å²) < 4.78 is 11.1. The molecule has 0 aliphatic heterocycles. The van der Waals surface area contributed by atoms with E-state index in [2.05, 4.69) is 5.32 Å². The van der Waals surface area contributed by atoms with Gasteiger partial charge in [-0.1, -0.05) is 103 Å². The molecule has 0 heterocycles. The minimum Gasteiger partial charge on any atom is -0.494 e. The number of nitrogens with one attached hydrogen (secondary N) is 1. The molecule has 1 amide bonds. The zero-order valence-corrected chi connectivity index (χ0v) is 27.1. The van der Waals surface area contributed by atoms with Gasteiger partial charge in [-0.05, 0) is 60.4 Å². The first-order valence-electron chi connectivity index (χ1n) is 16.2. The molecule has 0 unspecified atom stereocenters. The highest BCUT2D eigenvalue weighted by Gasteiger charge is 2.23. The van der Waals surface area contributed by atoms with Crippen molar-refractivity contribution in [3.05, 3.63) is 162 Å². The average Bonchev–Trinajstić information content (AvgIpc) is 3.15. The topological polar surface area (TPSA) is 84.9 Å². The molecular weight excluding hydrogens is 600 g/mol. The molecule has 0 saturated carbocycles. The number of anilines is 2. The fraction of sp³-hybridized carbons (Fsp3) is 0.195. The molecular formula is C41H40N2O5. The van der Waals surface area contributed by atoms with Gasteiger partial charge in [-0.15, -0.1) is 0 Å². The van der Waals surface area contributed by atoms with E-state index in [1.807, 2.05) is 114 Å². The Morgan fingerprint density at radius 3 is 2.02 bits per heavy atom. The van der Waals surface area contributed by atoms with Crippen LogP contribution in [0.1, 0.15) is 39.9 Å². The number of ketones is 1. The Balaban J connectivity index is 1.16. The predicted octanol–water partition coefficient (Wildman–Crippen LogP) is 7.55. The Bertz CT molecular complexity index is 1760. The number of hydrogen-bond acceptors (Lipinski definition) is 6. The lowest BCUT2D eigenvalue weighted by molar-refractivity contribution is -0.141. The molecule has 5 aromatic carbocycles. The van der Waals surface area contributed by atoms with Crippen LogP contribution >= 0.6 is 0 Å². The van der Waals surface area contributed by atoms with Crippen molar-refractivity contribution < 1.29 is 23.9 Å². The van der Waals surface area contributed by atoms with Crippen LogP contribution in [0.15, 0.2) is 140 Å². The third-order valence-corrected chi connectivity index (χ3v) is 8.02. The minimum atomic E-state index is -0.713. The maximum absolute atomic E-state index is 13.2. The summed E-state index contributed by atoms with van der Waals surface area (Å²) in [5.41, 5.74) is 4.52. The maximum Gasteiger partial charge on any atom is 0.328 e. The summed E-state index contributed by atoms with van der Waals surface area (Å²) in [5, 5.41) is 3.25. The third kappa shape index (κ3) is 9.42. The quantitative estimate of drug-likeness (QED) is 0.0681. The number of carbonyl (C=O) groups is 3. The van der Waals surface area contributed by atoms with Crippen molar-refractivity contribution in [2.45, 2.75) is 31.7 Å². The molecule has 0 spiro atoms. The second-order valence-corrected chi connectivity index (χ2v) is 11.4.